The van der Waals surface area contributed by atoms with E-state index in [2.05, 4.69) is 54.7 Å². The van der Waals surface area contributed by atoms with Crippen LogP contribution in [-0.4, -0.2) is 10.7 Å². The summed E-state index contributed by atoms with van der Waals surface area (Å²) in [6, 6.07) is 5.27. The van der Waals surface area contributed by atoms with E-state index in [1.165, 1.54) is 6.07 Å². The zero-order valence-corrected chi connectivity index (χ0v) is 13.8. The van der Waals surface area contributed by atoms with Crippen LogP contribution in [0.3, 0.4) is 0 Å². The van der Waals surface area contributed by atoms with Crippen molar-refractivity contribution in [3.63, 3.8) is 0 Å². The Labute approximate surface area is 121 Å². The molecule has 0 bridgehead atoms. The summed E-state index contributed by atoms with van der Waals surface area (Å²) in [6.45, 7) is 2.14. The minimum absolute atomic E-state index is 0.0919. The summed E-state index contributed by atoms with van der Waals surface area (Å²) < 4.78 is 14.5. The van der Waals surface area contributed by atoms with Gasteiger partial charge in [0.05, 0.1) is 0 Å². The van der Waals surface area contributed by atoms with E-state index in [1.807, 2.05) is 12.1 Å². The van der Waals surface area contributed by atoms with Gasteiger partial charge in [-0.05, 0) is 36.0 Å². The molecule has 0 aliphatic carbocycles. The fraction of sp³-hybridized carbons (Fsp3) is 0.500. The van der Waals surface area contributed by atoms with E-state index in [1.54, 1.807) is 0 Å². The zero-order chi connectivity index (χ0) is 12.2. The lowest BCUT2D eigenvalue weighted by Crippen LogP contribution is -2.27. The van der Waals surface area contributed by atoms with E-state index in [-0.39, 0.29) is 11.2 Å². The highest BCUT2D eigenvalue weighted by atomic mass is 79.9. The second-order valence-electron chi connectivity index (χ2n) is 4.03. The highest BCUT2D eigenvalue weighted by Crippen LogP contribution is 2.32. The first-order valence-electron chi connectivity index (χ1n) is 5.13. The van der Waals surface area contributed by atoms with Gasteiger partial charge in [-0.25, -0.2) is 4.39 Å². The van der Waals surface area contributed by atoms with Crippen molar-refractivity contribution in [3.05, 3.63) is 34.1 Å². The lowest BCUT2D eigenvalue weighted by atomic mass is 9.83. The second-order valence-corrected chi connectivity index (χ2v) is 6.07. The van der Waals surface area contributed by atoms with E-state index in [0.717, 1.165) is 33.5 Å². The summed E-state index contributed by atoms with van der Waals surface area (Å²) in [5.74, 6) is -0.130. The minimum atomic E-state index is -0.130. The Morgan fingerprint density at radius 1 is 1.25 bits per heavy atom. The summed E-state index contributed by atoms with van der Waals surface area (Å²) in [6.07, 6.45) is 1.76. The van der Waals surface area contributed by atoms with Gasteiger partial charge in [0.2, 0.25) is 0 Å². The average Bonchev–Trinajstić information content (AvgIpc) is 2.29. The van der Waals surface area contributed by atoms with Gasteiger partial charge in [0.1, 0.15) is 5.82 Å². The van der Waals surface area contributed by atoms with Crippen molar-refractivity contribution in [3.8, 4) is 0 Å². The van der Waals surface area contributed by atoms with Gasteiger partial charge < -0.3 is 0 Å². The Bertz CT molecular complexity index is 340. The van der Waals surface area contributed by atoms with Gasteiger partial charge in [0, 0.05) is 15.1 Å². The Morgan fingerprint density at radius 2 is 1.88 bits per heavy atom. The highest BCUT2D eigenvalue weighted by molar-refractivity contribution is 9.10. The van der Waals surface area contributed by atoms with Crippen LogP contribution in [0.2, 0.25) is 0 Å². The van der Waals surface area contributed by atoms with Crippen LogP contribution in [0.1, 0.15) is 18.9 Å². The van der Waals surface area contributed by atoms with Gasteiger partial charge in [-0.2, -0.15) is 0 Å². The normalized spacial score (nSPS) is 11.8. The van der Waals surface area contributed by atoms with Gasteiger partial charge in [0.15, 0.2) is 0 Å². The van der Waals surface area contributed by atoms with Crippen molar-refractivity contribution >= 4 is 47.8 Å². The lowest BCUT2D eigenvalue weighted by Gasteiger charge is -2.28. The van der Waals surface area contributed by atoms with E-state index in [4.69, 9.17) is 0 Å². The molecule has 0 unspecified atom stereocenters. The maximum absolute atomic E-state index is 13.7. The summed E-state index contributed by atoms with van der Waals surface area (Å²) in [7, 11) is 0. The molecule has 1 aromatic carbocycles. The average molecular weight is 417 g/mol. The maximum atomic E-state index is 13.7. The zero-order valence-electron chi connectivity index (χ0n) is 9.07. The van der Waals surface area contributed by atoms with Crippen molar-refractivity contribution in [2.24, 2.45) is 5.41 Å². The molecule has 0 saturated heterocycles. The lowest BCUT2D eigenvalue weighted by molar-refractivity contribution is 0.367. The molecule has 0 atom stereocenters. The number of benzene rings is 1. The number of halogens is 4. The molecule has 0 radical (unpaired) electrons. The standard InChI is InChI=1S/C12H14Br3F/c1-2-12(7-13,8-14)6-9-3-4-10(15)5-11(9)16/h3-5H,2,6-8H2,1H3. The Kier molecular flexibility index (Phi) is 5.95. The van der Waals surface area contributed by atoms with E-state index < -0.39 is 0 Å². The number of hydrogen-bond donors (Lipinski definition) is 0. The maximum Gasteiger partial charge on any atom is 0.127 e. The third-order valence-electron chi connectivity index (χ3n) is 2.90. The molecule has 0 fully saturated rings. The topological polar surface area (TPSA) is 0 Å². The van der Waals surface area contributed by atoms with Crippen molar-refractivity contribution in [2.75, 3.05) is 10.7 Å². The van der Waals surface area contributed by atoms with E-state index in [0.29, 0.717) is 0 Å². The molecule has 1 aromatic rings. The molecule has 0 saturated carbocycles. The molecule has 4 heteroatoms. The van der Waals surface area contributed by atoms with Gasteiger partial charge >= 0.3 is 0 Å². The van der Waals surface area contributed by atoms with Crippen LogP contribution in [0, 0.1) is 11.2 Å². The summed E-state index contributed by atoms with van der Waals surface area (Å²) in [5, 5.41) is 1.74. The molecule has 0 spiro atoms. The highest BCUT2D eigenvalue weighted by Gasteiger charge is 2.27. The fourth-order valence-corrected chi connectivity index (χ4v) is 3.96. The Morgan fingerprint density at radius 3 is 2.31 bits per heavy atom. The molecule has 0 heterocycles. The molecular formula is C12H14Br3F. The third-order valence-corrected chi connectivity index (χ3v) is 5.77. The van der Waals surface area contributed by atoms with Crippen molar-refractivity contribution in [1.82, 2.24) is 0 Å². The molecule has 0 aromatic heterocycles. The molecule has 0 N–H and O–H groups in total. The number of hydrogen-bond acceptors (Lipinski definition) is 0. The minimum Gasteiger partial charge on any atom is -0.207 e. The SMILES string of the molecule is CCC(CBr)(CBr)Cc1ccc(Br)cc1F. The summed E-state index contributed by atoms with van der Waals surface area (Å²) in [4.78, 5) is 0. The summed E-state index contributed by atoms with van der Waals surface area (Å²) >= 11 is 10.3. The molecule has 0 aliphatic rings. The second kappa shape index (κ2) is 6.50. The van der Waals surface area contributed by atoms with Crippen LogP contribution < -0.4 is 0 Å². The quantitative estimate of drug-likeness (QED) is 0.570. The van der Waals surface area contributed by atoms with E-state index in [9.17, 15) is 4.39 Å². The molecule has 0 amide bonds. The van der Waals surface area contributed by atoms with Crippen LogP contribution in [0.4, 0.5) is 4.39 Å². The molecule has 90 valence electrons. The molecule has 16 heavy (non-hydrogen) atoms. The van der Waals surface area contributed by atoms with Gasteiger partial charge in [0.25, 0.3) is 0 Å². The molecular weight excluding hydrogens is 403 g/mol. The smallest absolute Gasteiger partial charge is 0.127 e. The first-order chi connectivity index (χ1) is 7.56. The van der Waals surface area contributed by atoms with Gasteiger partial charge in [-0.1, -0.05) is 60.8 Å². The van der Waals surface area contributed by atoms with Crippen molar-refractivity contribution < 1.29 is 4.39 Å². The first-order valence-corrected chi connectivity index (χ1v) is 8.16. The number of alkyl halides is 2. The molecule has 1 rings (SSSR count). The van der Waals surface area contributed by atoms with Crippen LogP contribution >= 0.6 is 47.8 Å². The largest absolute Gasteiger partial charge is 0.207 e. The molecule has 0 aliphatic heterocycles. The van der Waals surface area contributed by atoms with E-state index >= 15 is 0 Å². The Balaban J connectivity index is 2.93. The number of rotatable bonds is 5. The predicted octanol–water partition coefficient (Wildman–Crippen LogP) is 5.32. The van der Waals surface area contributed by atoms with Crippen LogP contribution in [0.25, 0.3) is 0 Å². The van der Waals surface area contributed by atoms with Crippen molar-refractivity contribution in [2.45, 2.75) is 19.8 Å². The fourth-order valence-electron chi connectivity index (χ4n) is 1.51. The first kappa shape index (κ1) is 14.7. The van der Waals surface area contributed by atoms with Crippen LogP contribution in [0.5, 0.6) is 0 Å². The molecule has 0 nitrogen and oxygen atoms in total. The monoisotopic (exact) mass is 414 g/mol. The van der Waals surface area contributed by atoms with Gasteiger partial charge in [-0.3, -0.25) is 0 Å². The predicted molar refractivity (Wildman–Crippen MR) is 78.1 cm³/mol. The third kappa shape index (κ3) is 3.54. The van der Waals surface area contributed by atoms with Gasteiger partial charge in [-0.15, -0.1) is 0 Å². The van der Waals surface area contributed by atoms with Crippen LogP contribution in [0.15, 0.2) is 22.7 Å². The van der Waals surface area contributed by atoms with Crippen molar-refractivity contribution in [1.29, 1.82) is 0 Å². The summed E-state index contributed by atoms with van der Waals surface area (Å²) in [5.41, 5.74) is 0.873. The van der Waals surface area contributed by atoms with Crippen LogP contribution in [-0.2, 0) is 6.42 Å². The Hall–Kier alpha value is 0.590.